The fourth-order valence-electron chi connectivity index (χ4n) is 2.48. The molecular weight excluding hydrogens is 242 g/mol. The summed E-state index contributed by atoms with van der Waals surface area (Å²) in [5.74, 6) is 0.891. The Morgan fingerprint density at radius 2 is 2.11 bits per heavy atom. The van der Waals surface area contributed by atoms with Crippen LogP contribution in [0.1, 0.15) is 23.3 Å². The molecule has 1 aromatic rings. The molecule has 1 aliphatic rings. The highest BCUT2D eigenvalue weighted by Crippen LogP contribution is 2.19. The van der Waals surface area contributed by atoms with Gasteiger partial charge in [-0.3, -0.25) is 9.78 Å². The van der Waals surface area contributed by atoms with E-state index in [1.807, 2.05) is 4.90 Å². The number of nitrogens with zero attached hydrogens (tertiary/aromatic N) is 4. The van der Waals surface area contributed by atoms with Crippen molar-refractivity contribution in [2.24, 2.45) is 5.92 Å². The molecule has 1 aromatic heterocycles. The molecule has 1 fully saturated rings. The molecule has 19 heavy (non-hydrogen) atoms. The van der Waals surface area contributed by atoms with Crippen LogP contribution in [-0.4, -0.2) is 59.4 Å². The number of hydrogen-bond donors (Lipinski definition) is 1. The van der Waals surface area contributed by atoms with Crippen molar-refractivity contribution < 1.29 is 4.79 Å². The molecule has 2 rings (SSSR count). The Kier molecular flexibility index (Phi) is 4.31. The predicted octanol–water partition coefficient (Wildman–Crippen LogP) is 0.473. The maximum atomic E-state index is 12.2. The lowest BCUT2D eigenvalue weighted by molar-refractivity contribution is 0.0672. The van der Waals surface area contributed by atoms with Crippen LogP contribution >= 0.6 is 0 Å². The highest BCUT2D eigenvalue weighted by molar-refractivity contribution is 5.92. The van der Waals surface area contributed by atoms with E-state index in [0.717, 1.165) is 32.5 Å². The van der Waals surface area contributed by atoms with Crippen LogP contribution in [-0.2, 0) is 0 Å². The molecule has 0 spiro atoms. The predicted molar refractivity (Wildman–Crippen MR) is 73.6 cm³/mol. The molecule has 0 atom stereocenters. The summed E-state index contributed by atoms with van der Waals surface area (Å²) < 4.78 is 0. The first-order valence-corrected chi connectivity index (χ1v) is 6.58. The molecule has 1 amide bonds. The molecule has 2 N–H and O–H groups in total. The fourth-order valence-corrected chi connectivity index (χ4v) is 2.48. The Balaban J connectivity index is 1.92. The Hall–Kier alpha value is -1.69. The van der Waals surface area contributed by atoms with Gasteiger partial charge in [0.15, 0.2) is 0 Å². The van der Waals surface area contributed by atoms with Crippen molar-refractivity contribution in [1.29, 1.82) is 0 Å². The quantitative estimate of drug-likeness (QED) is 0.858. The third-order valence-electron chi connectivity index (χ3n) is 3.40. The van der Waals surface area contributed by atoms with Crippen molar-refractivity contribution in [1.82, 2.24) is 19.8 Å². The van der Waals surface area contributed by atoms with Crippen molar-refractivity contribution in [2.75, 3.05) is 39.5 Å². The minimum Gasteiger partial charge on any atom is -0.382 e. The Morgan fingerprint density at radius 3 is 2.68 bits per heavy atom. The van der Waals surface area contributed by atoms with Crippen molar-refractivity contribution in [3.05, 3.63) is 18.1 Å². The zero-order valence-corrected chi connectivity index (χ0v) is 11.5. The molecular formula is C13H21N5O. The summed E-state index contributed by atoms with van der Waals surface area (Å²) in [5.41, 5.74) is 5.89. The van der Waals surface area contributed by atoms with Crippen LogP contribution in [0.5, 0.6) is 0 Å². The van der Waals surface area contributed by atoms with Gasteiger partial charge in [0.1, 0.15) is 11.5 Å². The molecule has 0 unspecified atom stereocenters. The smallest absolute Gasteiger partial charge is 0.274 e. The lowest BCUT2D eigenvalue weighted by Gasteiger charge is -2.33. The normalized spacial score (nSPS) is 16.9. The van der Waals surface area contributed by atoms with E-state index in [4.69, 9.17) is 5.73 Å². The average Bonchev–Trinajstić information content (AvgIpc) is 2.38. The number of nitrogen functional groups attached to an aromatic ring is 1. The van der Waals surface area contributed by atoms with Crippen LogP contribution in [0.2, 0.25) is 0 Å². The summed E-state index contributed by atoms with van der Waals surface area (Å²) in [6.07, 6.45) is 5.00. The minimum absolute atomic E-state index is 0.0666. The molecule has 2 heterocycles. The van der Waals surface area contributed by atoms with Gasteiger partial charge in [0, 0.05) is 19.6 Å². The zero-order valence-electron chi connectivity index (χ0n) is 11.5. The van der Waals surface area contributed by atoms with E-state index in [9.17, 15) is 4.79 Å². The Labute approximate surface area is 113 Å². The highest BCUT2D eigenvalue weighted by atomic mass is 16.2. The van der Waals surface area contributed by atoms with Crippen LogP contribution in [0.3, 0.4) is 0 Å². The second-order valence-corrected chi connectivity index (χ2v) is 5.33. The Bertz CT molecular complexity index is 440. The van der Waals surface area contributed by atoms with E-state index < -0.39 is 0 Å². The molecule has 0 bridgehead atoms. The van der Waals surface area contributed by atoms with Crippen molar-refractivity contribution in [3.63, 3.8) is 0 Å². The van der Waals surface area contributed by atoms with Gasteiger partial charge in [0.05, 0.1) is 12.4 Å². The van der Waals surface area contributed by atoms with Crippen LogP contribution in [0.4, 0.5) is 5.82 Å². The molecule has 1 aliphatic heterocycles. The average molecular weight is 263 g/mol. The number of hydrogen-bond acceptors (Lipinski definition) is 5. The van der Waals surface area contributed by atoms with Crippen LogP contribution < -0.4 is 5.73 Å². The number of anilines is 1. The molecule has 0 radical (unpaired) electrons. The van der Waals surface area contributed by atoms with E-state index in [1.54, 1.807) is 0 Å². The number of aromatic nitrogens is 2. The van der Waals surface area contributed by atoms with Gasteiger partial charge in [-0.25, -0.2) is 4.98 Å². The summed E-state index contributed by atoms with van der Waals surface area (Å²) >= 11 is 0. The minimum atomic E-state index is -0.0666. The number of rotatable bonds is 3. The molecule has 0 aromatic carbocycles. The standard InChI is InChI=1S/C13H21N5O/c1-17(2)9-10-3-5-18(6-4-10)13(19)11-7-15-8-12(14)16-11/h7-8,10H,3-6,9H2,1-2H3,(H2,14,16). The SMILES string of the molecule is CN(C)CC1CCN(C(=O)c2cncc(N)n2)CC1. The third-order valence-corrected chi connectivity index (χ3v) is 3.40. The summed E-state index contributed by atoms with van der Waals surface area (Å²) in [6.45, 7) is 2.65. The second kappa shape index (κ2) is 5.97. The molecule has 104 valence electrons. The van der Waals surface area contributed by atoms with Crippen molar-refractivity contribution in [3.8, 4) is 0 Å². The largest absolute Gasteiger partial charge is 0.382 e. The van der Waals surface area contributed by atoms with Gasteiger partial charge in [-0.2, -0.15) is 0 Å². The number of likely N-dealkylation sites (tertiary alicyclic amines) is 1. The Morgan fingerprint density at radius 1 is 1.42 bits per heavy atom. The molecule has 0 saturated carbocycles. The van der Waals surface area contributed by atoms with Gasteiger partial charge in [0.25, 0.3) is 5.91 Å². The lowest BCUT2D eigenvalue weighted by Crippen LogP contribution is -2.41. The van der Waals surface area contributed by atoms with E-state index in [2.05, 4.69) is 29.0 Å². The monoisotopic (exact) mass is 263 g/mol. The topological polar surface area (TPSA) is 75.3 Å². The van der Waals surface area contributed by atoms with E-state index in [1.165, 1.54) is 12.4 Å². The van der Waals surface area contributed by atoms with Crippen LogP contribution in [0, 0.1) is 5.92 Å². The molecule has 0 aliphatic carbocycles. The number of nitrogens with two attached hydrogens (primary N) is 1. The number of carbonyl (C=O) groups is 1. The number of amides is 1. The van der Waals surface area contributed by atoms with Crippen molar-refractivity contribution in [2.45, 2.75) is 12.8 Å². The van der Waals surface area contributed by atoms with Gasteiger partial charge in [-0.15, -0.1) is 0 Å². The summed E-state index contributed by atoms with van der Waals surface area (Å²) in [7, 11) is 4.17. The van der Waals surface area contributed by atoms with Gasteiger partial charge in [-0.1, -0.05) is 0 Å². The molecule has 6 nitrogen and oxygen atoms in total. The lowest BCUT2D eigenvalue weighted by atomic mass is 9.96. The van der Waals surface area contributed by atoms with Crippen LogP contribution in [0.25, 0.3) is 0 Å². The summed E-state index contributed by atoms with van der Waals surface area (Å²) in [4.78, 5) is 24.2. The first-order valence-electron chi connectivity index (χ1n) is 6.58. The van der Waals surface area contributed by atoms with Gasteiger partial charge in [0.2, 0.25) is 0 Å². The first kappa shape index (κ1) is 13.7. The van der Waals surface area contributed by atoms with Gasteiger partial charge in [-0.05, 0) is 32.9 Å². The summed E-state index contributed by atoms with van der Waals surface area (Å²) in [6, 6.07) is 0. The van der Waals surface area contributed by atoms with E-state index in [-0.39, 0.29) is 11.7 Å². The fraction of sp³-hybridized carbons (Fsp3) is 0.615. The molecule has 1 saturated heterocycles. The maximum Gasteiger partial charge on any atom is 0.274 e. The number of piperidine rings is 1. The first-order chi connectivity index (χ1) is 9.06. The highest BCUT2D eigenvalue weighted by Gasteiger charge is 2.24. The van der Waals surface area contributed by atoms with E-state index >= 15 is 0 Å². The van der Waals surface area contributed by atoms with Crippen molar-refractivity contribution >= 4 is 11.7 Å². The summed E-state index contributed by atoms with van der Waals surface area (Å²) in [5, 5.41) is 0. The van der Waals surface area contributed by atoms with Gasteiger partial charge >= 0.3 is 0 Å². The zero-order chi connectivity index (χ0) is 13.8. The van der Waals surface area contributed by atoms with E-state index in [0.29, 0.717) is 11.6 Å². The van der Waals surface area contributed by atoms with Crippen LogP contribution in [0.15, 0.2) is 12.4 Å². The van der Waals surface area contributed by atoms with Gasteiger partial charge < -0.3 is 15.5 Å². The second-order valence-electron chi connectivity index (χ2n) is 5.33. The third kappa shape index (κ3) is 3.64. The molecule has 6 heteroatoms. The maximum absolute atomic E-state index is 12.2. The number of carbonyl (C=O) groups excluding carboxylic acids is 1.